The van der Waals surface area contributed by atoms with Crippen LogP contribution < -0.4 is 0 Å². The van der Waals surface area contributed by atoms with E-state index in [1.807, 2.05) is 0 Å². The molecule has 5 heavy (non-hydrogen) atoms. The smallest absolute Gasteiger partial charge is 0.229 e. The van der Waals surface area contributed by atoms with Gasteiger partial charge in [0.2, 0.25) is 0 Å². The third-order valence-corrected chi connectivity index (χ3v) is 0.154. The first kappa shape index (κ1) is 4.67. The molecule has 0 aromatic heterocycles. The summed E-state index contributed by atoms with van der Waals surface area (Å²) in [7, 11) is 0. The van der Waals surface area contributed by atoms with Crippen molar-refractivity contribution < 1.29 is 9.18 Å². The van der Waals surface area contributed by atoms with Crippen LogP contribution in [0.15, 0.2) is 5.29 Å². The molecule has 0 aromatic rings. The molecule has 0 fully saturated rings. The largest absolute Gasteiger partial charge is 0.272 e. The van der Waals surface area contributed by atoms with Crippen molar-refractivity contribution in [2.75, 3.05) is 0 Å². The summed E-state index contributed by atoms with van der Waals surface area (Å²) in [6, 6.07) is 0. The Labute approximate surface area is 33.0 Å². The Bertz CT molecular complexity index is 69.7. The summed E-state index contributed by atoms with van der Waals surface area (Å²) >= 11 is 4.29. The van der Waals surface area contributed by atoms with Gasteiger partial charge in [-0.15, -0.1) is 0 Å². The summed E-state index contributed by atoms with van der Waals surface area (Å²) in [6.07, 6.45) is 0. The Hall–Kier alpha value is -0.330. The molecule has 0 aliphatic rings. The van der Waals surface area contributed by atoms with E-state index in [1.165, 1.54) is 0 Å². The van der Waals surface area contributed by atoms with E-state index in [4.69, 9.17) is 4.79 Å². The predicted molar refractivity (Wildman–Crippen MR) is 16.2 cm³/mol. The second-order valence-corrected chi connectivity index (χ2v) is 0.694. The summed E-state index contributed by atoms with van der Waals surface area (Å²) in [5.41, 5.74) is 0. The van der Waals surface area contributed by atoms with Gasteiger partial charge < -0.3 is 0 Å². The van der Waals surface area contributed by atoms with Crippen LogP contribution in [0.3, 0.4) is 0 Å². The molecule has 0 radical (unpaired) electrons. The summed E-state index contributed by atoms with van der Waals surface area (Å²) in [4.78, 5) is 8.84. The molecule has 0 rings (SSSR count). The van der Waals surface area contributed by atoms with Crippen LogP contribution in [0.5, 0.6) is 0 Å². The van der Waals surface area contributed by atoms with Crippen molar-refractivity contribution >= 4 is 17.5 Å². The van der Waals surface area contributed by atoms with Gasteiger partial charge >= 0.3 is 0 Å². The molecule has 3 heteroatoms. The minimum atomic E-state index is -1.33. The van der Waals surface area contributed by atoms with Gasteiger partial charge in [-0.05, 0) is 11.6 Å². The highest BCUT2D eigenvalue weighted by atomic mass is 35.5. The molecular formula is C2ClFO. The molecule has 0 aliphatic heterocycles. The van der Waals surface area contributed by atoms with Crippen molar-refractivity contribution in [3.8, 4) is 0 Å². The van der Waals surface area contributed by atoms with Gasteiger partial charge in [0.25, 0.3) is 5.29 Å². The molecule has 0 saturated heterocycles. The molecule has 1 nitrogen and oxygen atoms in total. The predicted octanol–water partition coefficient (Wildman–Crippen LogP) is 0.868. The van der Waals surface area contributed by atoms with Gasteiger partial charge in [-0.1, -0.05) is 0 Å². The molecular weight excluding hydrogens is 94.5 g/mol. The maximum Gasteiger partial charge on any atom is 0.272 e. The summed E-state index contributed by atoms with van der Waals surface area (Å²) in [5, 5.41) is -1.33. The first-order chi connectivity index (χ1) is 2.27. The first-order valence-electron chi connectivity index (χ1n) is 0.832. The van der Waals surface area contributed by atoms with Crippen molar-refractivity contribution in [1.29, 1.82) is 0 Å². The molecule has 0 atom stereocenters. The van der Waals surface area contributed by atoms with Crippen molar-refractivity contribution in [2.24, 2.45) is 0 Å². The Balaban J connectivity index is 3.60. The van der Waals surface area contributed by atoms with Crippen LogP contribution in [-0.4, -0.2) is 5.94 Å². The highest BCUT2D eigenvalue weighted by Crippen LogP contribution is 1.91. The van der Waals surface area contributed by atoms with E-state index >= 15 is 0 Å². The number of rotatable bonds is 0. The molecule has 0 heterocycles. The van der Waals surface area contributed by atoms with E-state index in [-0.39, 0.29) is 0 Å². The fourth-order valence-corrected chi connectivity index (χ4v) is 0. The van der Waals surface area contributed by atoms with Gasteiger partial charge in [0.15, 0.2) is 5.94 Å². The molecule has 0 saturated carbocycles. The molecule has 28 valence electrons. The molecule has 0 bridgehead atoms. The number of hydrogen-bond donors (Lipinski definition) is 0. The topological polar surface area (TPSA) is 17.1 Å². The highest BCUT2D eigenvalue weighted by Gasteiger charge is 1.74. The Kier molecular flexibility index (Phi) is 1.81. The van der Waals surface area contributed by atoms with Gasteiger partial charge in [0.05, 0.1) is 0 Å². The summed E-state index contributed by atoms with van der Waals surface area (Å²) in [6.45, 7) is 0. The lowest BCUT2D eigenvalue weighted by molar-refractivity contribution is 0.559. The summed E-state index contributed by atoms with van der Waals surface area (Å²) in [5.74, 6) is 0.793. The molecule has 0 aliphatic carbocycles. The second kappa shape index (κ2) is 1.94. The summed E-state index contributed by atoms with van der Waals surface area (Å²) < 4.78 is 10.7. The quantitative estimate of drug-likeness (QED) is 0.407. The van der Waals surface area contributed by atoms with Crippen LogP contribution in [0, 0.1) is 0 Å². The third kappa shape index (κ3) is 3.67. The minimum Gasteiger partial charge on any atom is -0.229 e. The zero-order valence-electron chi connectivity index (χ0n) is 2.16. The lowest BCUT2D eigenvalue weighted by atomic mass is 11.2. The lowest BCUT2D eigenvalue weighted by Crippen LogP contribution is -1.46. The van der Waals surface area contributed by atoms with E-state index in [2.05, 4.69) is 11.6 Å². The normalized spacial score (nSPS) is 6.00. The van der Waals surface area contributed by atoms with E-state index in [0.717, 1.165) is 5.94 Å². The fraction of sp³-hybridized carbons (Fsp3) is 0. The van der Waals surface area contributed by atoms with Gasteiger partial charge in [0, 0.05) is 0 Å². The monoisotopic (exact) mass is 94.0 g/mol. The van der Waals surface area contributed by atoms with Crippen LogP contribution in [0.4, 0.5) is 4.39 Å². The second-order valence-electron chi connectivity index (χ2n) is 0.362. The Morgan fingerprint density at radius 2 is 2.20 bits per heavy atom. The van der Waals surface area contributed by atoms with Gasteiger partial charge in [-0.25, -0.2) is 4.79 Å². The third-order valence-electron chi connectivity index (χ3n) is 0.0772. The maximum atomic E-state index is 10.7. The number of carbonyl (C=O) groups excluding carboxylic acids is 1. The zero-order valence-corrected chi connectivity index (χ0v) is 2.92. The average molecular weight is 94.5 g/mol. The molecule has 0 spiro atoms. The van der Waals surface area contributed by atoms with Crippen molar-refractivity contribution in [3.63, 3.8) is 0 Å². The molecule has 0 unspecified atom stereocenters. The van der Waals surface area contributed by atoms with E-state index in [0.29, 0.717) is 0 Å². The van der Waals surface area contributed by atoms with Crippen molar-refractivity contribution in [3.05, 3.63) is 5.29 Å². The molecule has 0 amide bonds. The van der Waals surface area contributed by atoms with Crippen LogP contribution in [0.25, 0.3) is 0 Å². The Morgan fingerprint density at radius 1 is 2.00 bits per heavy atom. The van der Waals surface area contributed by atoms with Crippen LogP contribution in [0.1, 0.15) is 0 Å². The minimum absolute atomic E-state index is 0.793. The van der Waals surface area contributed by atoms with E-state index in [9.17, 15) is 4.39 Å². The average Bonchev–Trinajstić information content (AvgIpc) is 1.38. The van der Waals surface area contributed by atoms with Gasteiger partial charge in [-0.2, -0.15) is 4.39 Å². The van der Waals surface area contributed by atoms with Crippen LogP contribution in [0.2, 0.25) is 0 Å². The highest BCUT2D eigenvalue weighted by molar-refractivity contribution is 6.31. The first-order valence-corrected chi connectivity index (χ1v) is 1.21. The number of halogens is 2. The van der Waals surface area contributed by atoms with Crippen LogP contribution >= 0.6 is 11.6 Å². The van der Waals surface area contributed by atoms with Crippen molar-refractivity contribution in [1.82, 2.24) is 0 Å². The van der Waals surface area contributed by atoms with Crippen molar-refractivity contribution in [2.45, 2.75) is 0 Å². The fourth-order valence-electron chi connectivity index (χ4n) is 0. The van der Waals surface area contributed by atoms with E-state index in [1.54, 1.807) is 0 Å². The zero-order chi connectivity index (χ0) is 4.28. The van der Waals surface area contributed by atoms with Gasteiger partial charge in [0.1, 0.15) is 0 Å². The molecule has 0 N–H and O–H groups in total. The Morgan fingerprint density at radius 3 is 2.20 bits per heavy atom. The van der Waals surface area contributed by atoms with E-state index < -0.39 is 5.29 Å². The maximum absolute atomic E-state index is 10.7. The van der Waals surface area contributed by atoms with Gasteiger partial charge in [-0.3, -0.25) is 0 Å². The number of hydrogen-bond acceptors (Lipinski definition) is 1. The lowest BCUT2D eigenvalue weighted by Gasteiger charge is -1.52. The van der Waals surface area contributed by atoms with Crippen LogP contribution in [-0.2, 0) is 4.79 Å². The standard InChI is InChI=1S/C2ClFO/c3-2(4)1-5. The molecule has 0 aromatic carbocycles. The SMILES string of the molecule is O=C=C(F)Cl.